The molecule has 0 bridgehead atoms. The first kappa shape index (κ1) is 20.9. The molecule has 1 unspecified atom stereocenters. The number of hydrogen-bond donors (Lipinski definition) is 0. The Bertz CT molecular complexity index is 1240. The van der Waals surface area contributed by atoms with E-state index in [-0.39, 0.29) is 0 Å². The molecule has 0 aliphatic carbocycles. The van der Waals surface area contributed by atoms with Crippen molar-refractivity contribution in [3.8, 4) is 11.4 Å². The molecule has 5 rings (SSSR count). The van der Waals surface area contributed by atoms with Crippen molar-refractivity contribution in [2.45, 2.75) is 26.8 Å². The molecular formula is C25H27ClN6. The van der Waals surface area contributed by atoms with Crippen LogP contribution in [-0.4, -0.2) is 50.4 Å². The second-order valence-electron chi connectivity index (χ2n) is 8.50. The van der Waals surface area contributed by atoms with Gasteiger partial charge in [-0.1, -0.05) is 23.7 Å². The molecule has 0 amide bonds. The predicted octanol–water partition coefficient (Wildman–Crippen LogP) is 4.94. The number of pyridine rings is 1. The highest BCUT2D eigenvalue weighted by atomic mass is 35.5. The fraction of sp³-hybridized carbons (Fsp3) is 0.320. The summed E-state index contributed by atoms with van der Waals surface area (Å²) in [6, 6.07) is 12.7. The number of halogens is 1. The number of anilines is 1. The molecule has 3 aromatic heterocycles. The van der Waals surface area contributed by atoms with E-state index in [1.165, 1.54) is 5.56 Å². The van der Waals surface area contributed by atoms with Crippen molar-refractivity contribution in [3.63, 3.8) is 0 Å². The van der Waals surface area contributed by atoms with Crippen LogP contribution in [0.4, 0.5) is 5.82 Å². The molecular weight excluding hydrogens is 420 g/mol. The highest BCUT2D eigenvalue weighted by molar-refractivity contribution is 6.30. The zero-order valence-corrected chi connectivity index (χ0v) is 19.4. The lowest BCUT2D eigenvalue weighted by Crippen LogP contribution is -2.47. The number of imidazole rings is 1. The summed E-state index contributed by atoms with van der Waals surface area (Å²) in [7, 11) is 0. The third kappa shape index (κ3) is 4.08. The monoisotopic (exact) mass is 446 g/mol. The van der Waals surface area contributed by atoms with Gasteiger partial charge in [-0.25, -0.2) is 15.0 Å². The summed E-state index contributed by atoms with van der Waals surface area (Å²) in [6.45, 7) is 10.2. The van der Waals surface area contributed by atoms with E-state index in [1.807, 2.05) is 35.9 Å². The van der Waals surface area contributed by atoms with Gasteiger partial charge in [0.2, 0.25) is 0 Å². The zero-order valence-electron chi connectivity index (χ0n) is 18.7. The van der Waals surface area contributed by atoms with Gasteiger partial charge in [0.25, 0.3) is 0 Å². The number of hydrogen-bond acceptors (Lipinski definition) is 5. The van der Waals surface area contributed by atoms with Crippen LogP contribution < -0.4 is 4.90 Å². The van der Waals surface area contributed by atoms with E-state index in [2.05, 4.69) is 59.1 Å². The first-order chi connectivity index (χ1) is 15.5. The highest BCUT2D eigenvalue weighted by Gasteiger charge is 2.23. The molecule has 32 heavy (non-hydrogen) atoms. The second-order valence-corrected chi connectivity index (χ2v) is 8.94. The fourth-order valence-electron chi connectivity index (χ4n) is 4.42. The minimum Gasteiger partial charge on any atom is -0.354 e. The van der Waals surface area contributed by atoms with Gasteiger partial charge in [0.05, 0.1) is 0 Å². The van der Waals surface area contributed by atoms with Crippen molar-refractivity contribution in [1.29, 1.82) is 0 Å². The molecule has 1 aliphatic heterocycles. The van der Waals surface area contributed by atoms with Gasteiger partial charge in [0, 0.05) is 73.2 Å². The van der Waals surface area contributed by atoms with Crippen molar-refractivity contribution in [2.24, 2.45) is 0 Å². The number of nitrogens with zero attached hydrogens (tertiary/aromatic N) is 6. The first-order valence-electron chi connectivity index (χ1n) is 11.0. The van der Waals surface area contributed by atoms with Crippen molar-refractivity contribution < 1.29 is 0 Å². The van der Waals surface area contributed by atoms with E-state index in [0.29, 0.717) is 6.04 Å². The topological polar surface area (TPSA) is 49.6 Å². The van der Waals surface area contributed by atoms with E-state index in [9.17, 15) is 0 Å². The van der Waals surface area contributed by atoms with Gasteiger partial charge in [-0.2, -0.15) is 0 Å². The number of rotatable bonds is 4. The molecule has 1 fully saturated rings. The van der Waals surface area contributed by atoms with Gasteiger partial charge < -0.3 is 9.30 Å². The molecule has 7 heteroatoms. The normalized spacial score (nSPS) is 15.9. The summed E-state index contributed by atoms with van der Waals surface area (Å²) in [5.41, 5.74) is 5.38. The van der Waals surface area contributed by atoms with Crippen LogP contribution in [0.15, 0.2) is 55.0 Å². The third-order valence-electron chi connectivity index (χ3n) is 6.36. The van der Waals surface area contributed by atoms with E-state index in [4.69, 9.17) is 21.6 Å². The van der Waals surface area contributed by atoms with E-state index in [0.717, 1.165) is 65.3 Å². The van der Waals surface area contributed by atoms with Gasteiger partial charge >= 0.3 is 0 Å². The summed E-state index contributed by atoms with van der Waals surface area (Å²) < 4.78 is 2.02. The highest BCUT2D eigenvalue weighted by Crippen LogP contribution is 2.27. The van der Waals surface area contributed by atoms with Crippen molar-refractivity contribution in [3.05, 3.63) is 76.8 Å². The van der Waals surface area contributed by atoms with Crippen LogP contribution in [0, 0.1) is 13.8 Å². The molecule has 0 radical (unpaired) electrons. The number of fused-ring (bicyclic) bond motifs is 1. The Labute approximate surface area is 193 Å². The maximum atomic E-state index is 6.05. The standard InChI is InChI=1S/C25H27ClN6/c1-17-14-23-27-8-9-32(23)16-22(17)25-28-18(2)15-24(29-25)31-12-10-30(11-13-31)19(3)20-4-6-21(26)7-5-20/h4-9,14-16,19H,10-13H2,1-3H3. The van der Waals surface area contributed by atoms with Gasteiger partial charge in [0.1, 0.15) is 11.5 Å². The molecule has 0 N–H and O–H groups in total. The molecule has 164 valence electrons. The van der Waals surface area contributed by atoms with Crippen LogP contribution >= 0.6 is 11.6 Å². The Morgan fingerprint density at radius 3 is 2.47 bits per heavy atom. The summed E-state index contributed by atoms with van der Waals surface area (Å²) in [5, 5.41) is 0.781. The molecule has 1 aromatic carbocycles. The molecule has 4 aromatic rings. The van der Waals surface area contributed by atoms with Crippen LogP contribution in [0.2, 0.25) is 5.02 Å². The van der Waals surface area contributed by atoms with E-state index < -0.39 is 0 Å². The van der Waals surface area contributed by atoms with Crippen LogP contribution in [0.1, 0.15) is 29.8 Å². The van der Waals surface area contributed by atoms with Crippen molar-refractivity contribution >= 4 is 23.1 Å². The van der Waals surface area contributed by atoms with Gasteiger partial charge in [-0.05, 0) is 50.1 Å². The Hall–Kier alpha value is -2.96. The molecule has 4 heterocycles. The third-order valence-corrected chi connectivity index (χ3v) is 6.61. The maximum Gasteiger partial charge on any atom is 0.163 e. The summed E-state index contributed by atoms with van der Waals surface area (Å²) in [4.78, 5) is 19.0. The minimum atomic E-state index is 0.363. The van der Waals surface area contributed by atoms with Crippen molar-refractivity contribution in [2.75, 3.05) is 31.1 Å². The van der Waals surface area contributed by atoms with Crippen LogP contribution in [0.5, 0.6) is 0 Å². The number of benzene rings is 1. The smallest absolute Gasteiger partial charge is 0.163 e. The average Bonchev–Trinajstić information content (AvgIpc) is 3.25. The summed E-state index contributed by atoms with van der Waals surface area (Å²) in [6.07, 6.45) is 5.84. The largest absolute Gasteiger partial charge is 0.354 e. The zero-order chi connectivity index (χ0) is 22.2. The van der Waals surface area contributed by atoms with Crippen LogP contribution in [0.3, 0.4) is 0 Å². The average molecular weight is 447 g/mol. The molecule has 0 saturated carbocycles. The first-order valence-corrected chi connectivity index (χ1v) is 11.4. The SMILES string of the molecule is Cc1cc(N2CCN(C(C)c3ccc(Cl)cc3)CC2)nc(-c2cn3ccnc3cc2C)n1. The Kier molecular flexibility index (Phi) is 5.57. The van der Waals surface area contributed by atoms with Gasteiger partial charge in [-0.3, -0.25) is 4.90 Å². The lowest BCUT2D eigenvalue weighted by Gasteiger charge is -2.38. The number of piperazine rings is 1. The summed E-state index contributed by atoms with van der Waals surface area (Å²) >= 11 is 6.05. The van der Waals surface area contributed by atoms with Gasteiger partial charge in [-0.15, -0.1) is 0 Å². The second kappa shape index (κ2) is 8.52. The molecule has 1 aliphatic rings. The van der Waals surface area contributed by atoms with Crippen LogP contribution in [-0.2, 0) is 0 Å². The van der Waals surface area contributed by atoms with Crippen LogP contribution in [0.25, 0.3) is 17.0 Å². The molecule has 6 nitrogen and oxygen atoms in total. The molecule has 0 spiro atoms. The van der Waals surface area contributed by atoms with Crippen molar-refractivity contribution in [1.82, 2.24) is 24.3 Å². The van der Waals surface area contributed by atoms with E-state index in [1.54, 1.807) is 0 Å². The van der Waals surface area contributed by atoms with E-state index >= 15 is 0 Å². The minimum absolute atomic E-state index is 0.363. The quantitative estimate of drug-likeness (QED) is 0.444. The lowest BCUT2D eigenvalue weighted by atomic mass is 10.1. The Balaban J connectivity index is 1.35. The maximum absolute atomic E-state index is 6.05. The molecule has 1 saturated heterocycles. The Morgan fingerprint density at radius 2 is 1.72 bits per heavy atom. The summed E-state index contributed by atoms with van der Waals surface area (Å²) in [5.74, 6) is 1.77. The molecule has 1 atom stereocenters. The van der Waals surface area contributed by atoms with Gasteiger partial charge in [0.15, 0.2) is 5.82 Å². The Morgan fingerprint density at radius 1 is 0.969 bits per heavy atom. The lowest BCUT2D eigenvalue weighted by molar-refractivity contribution is 0.198. The predicted molar refractivity (Wildman–Crippen MR) is 129 cm³/mol. The number of aryl methyl sites for hydroxylation is 2. The number of aromatic nitrogens is 4. The fourth-order valence-corrected chi connectivity index (χ4v) is 4.54.